The minimum atomic E-state index is -1.60. The summed E-state index contributed by atoms with van der Waals surface area (Å²) >= 11 is 0. The Morgan fingerprint density at radius 1 is 0.619 bits per heavy atom. The number of nitrogens with two attached hydrogens (primary N) is 2. The van der Waals surface area contributed by atoms with Crippen molar-refractivity contribution in [2.45, 2.75) is 153 Å². The van der Waals surface area contributed by atoms with E-state index in [4.69, 9.17) is 58.8 Å². The molecule has 63 heavy (non-hydrogen) atoms. The van der Waals surface area contributed by atoms with E-state index >= 15 is 0 Å². The molecule has 2 aromatic carbocycles. The molecule has 0 aromatic heterocycles. The van der Waals surface area contributed by atoms with Crippen molar-refractivity contribution in [1.29, 1.82) is 0 Å². The quantitative estimate of drug-likeness (QED) is 0.168. The Morgan fingerprint density at radius 2 is 1.13 bits per heavy atom. The van der Waals surface area contributed by atoms with Crippen LogP contribution in [0.4, 0.5) is 0 Å². The minimum absolute atomic E-state index is 0.0758. The van der Waals surface area contributed by atoms with Gasteiger partial charge in [-0.05, 0) is 44.0 Å². The molecule has 1 saturated carbocycles. The van der Waals surface area contributed by atoms with E-state index < -0.39 is 133 Å². The molecule has 1 aliphatic carbocycles. The van der Waals surface area contributed by atoms with Crippen LogP contribution in [0.1, 0.15) is 82.0 Å². The number of amides is 1. The summed E-state index contributed by atoms with van der Waals surface area (Å²) < 4.78 is 60.3. The maximum Gasteiger partial charge on any atom is 0.338 e. The van der Waals surface area contributed by atoms with Gasteiger partial charge in [0.1, 0.15) is 30.5 Å². The Bertz CT molecular complexity index is 1940. The summed E-state index contributed by atoms with van der Waals surface area (Å²) in [6, 6.07) is 12.6. The number of carbonyl (C=O) groups excluding carboxylic acids is 7. The molecule has 3 aliphatic rings. The van der Waals surface area contributed by atoms with Crippen molar-refractivity contribution in [2.75, 3.05) is 0 Å². The zero-order chi connectivity index (χ0) is 46.1. The second-order valence-electron chi connectivity index (χ2n) is 15.4. The van der Waals surface area contributed by atoms with Crippen molar-refractivity contribution in [3.63, 3.8) is 0 Å². The summed E-state index contributed by atoms with van der Waals surface area (Å²) in [6.07, 6.45) is -16.3. The fourth-order valence-electron chi connectivity index (χ4n) is 7.91. The van der Waals surface area contributed by atoms with Gasteiger partial charge in [-0.25, -0.2) is 9.59 Å². The highest BCUT2D eigenvalue weighted by atomic mass is 16.8. The highest BCUT2D eigenvalue weighted by Gasteiger charge is 2.58. The number of hydrogen-bond donors (Lipinski definition) is 3. The Kier molecular flexibility index (Phi) is 16.7. The summed E-state index contributed by atoms with van der Waals surface area (Å²) in [5, 5.41) is 2.75. The summed E-state index contributed by atoms with van der Waals surface area (Å²) in [5.41, 5.74) is 13.9. The average Bonchev–Trinajstić information content (AvgIpc) is 3.53. The van der Waals surface area contributed by atoms with E-state index in [0.29, 0.717) is 0 Å². The van der Waals surface area contributed by atoms with Gasteiger partial charge in [0.05, 0.1) is 23.2 Å². The second-order valence-corrected chi connectivity index (χ2v) is 15.4. The first-order chi connectivity index (χ1) is 29.9. The van der Waals surface area contributed by atoms with Gasteiger partial charge in [-0.2, -0.15) is 0 Å². The smallest absolute Gasteiger partial charge is 0.338 e. The van der Waals surface area contributed by atoms with Gasteiger partial charge in [0.25, 0.3) is 0 Å². The number of benzene rings is 2. The zero-order valence-corrected chi connectivity index (χ0v) is 35.9. The van der Waals surface area contributed by atoms with Gasteiger partial charge >= 0.3 is 35.8 Å². The monoisotopic (exact) mass is 885 g/mol. The lowest BCUT2D eigenvalue weighted by molar-refractivity contribution is -0.318. The highest BCUT2D eigenvalue weighted by molar-refractivity contribution is 5.90. The third-order valence-corrected chi connectivity index (χ3v) is 10.5. The van der Waals surface area contributed by atoms with Crippen LogP contribution in [0.5, 0.6) is 0 Å². The predicted octanol–water partition coefficient (Wildman–Crippen LogP) is 1.38. The normalized spacial score (nSPS) is 32.0. The van der Waals surface area contributed by atoms with Crippen LogP contribution in [-0.2, 0) is 71.3 Å². The van der Waals surface area contributed by atoms with E-state index in [0.717, 1.165) is 27.7 Å². The lowest BCUT2D eigenvalue weighted by Gasteiger charge is -2.49. The first-order valence-corrected chi connectivity index (χ1v) is 20.5. The van der Waals surface area contributed by atoms with Crippen LogP contribution in [0.3, 0.4) is 0 Å². The number of nitrogens with one attached hydrogen (secondary N) is 1. The van der Waals surface area contributed by atoms with E-state index in [1.807, 2.05) is 0 Å². The van der Waals surface area contributed by atoms with E-state index in [9.17, 15) is 33.6 Å². The van der Waals surface area contributed by atoms with Crippen molar-refractivity contribution in [3.8, 4) is 0 Å². The molecule has 0 spiro atoms. The molecule has 20 nitrogen and oxygen atoms in total. The lowest BCUT2D eigenvalue weighted by atomic mass is 9.83. The van der Waals surface area contributed by atoms with Crippen molar-refractivity contribution >= 4 is 41.7 Å². The van der Waals surface area contributed by atoms with Gasteiger partial charge in [-0.1, -0.05) is 43.3 Å². The van der Waals surface area contributed by atoms with Gasteiger partial charge in [-0.15, -0.1) is 0 Å². The molecule has 344 valence electrons. The highest BCUT2D eigenvalue weighted by Crippen LogP contribution is 2.38. The van der Waals surface area contributed by atoms with Crippen molar-refractivity contribution < 1.29 is 80.9 Å². The maximum atomic E-state index is 13.7. The molecule has 2 aliphatic heterocycles. The van der Waals surface area contributed by atoms with Crippen LogP contribution in [0.2, 0.25) is 0 Å². The summed E-state index contributed by atoms with van der Waals surface area (Å²) in [7, 11) is 0. The average molecular weight is 886 g/mol. The third kappa shape index (κ3) is 12.4. The molecule has 5 N–H and O–H groups in total. The minimum Gasteiger partial charge on any atom is -0.460 e. The van der Waals surface area contributed by atoms with Gasteiger partial charge in [0.2, 0.25) is 5.91 Å². The Labute approximate surface area is 363 Å². The van der Waals surface area contributed by atoms with Gasteiger partial charge in [0.15, 0.2) is 43.1 Å². The van der Waals surface area contributed by atoms with Crippen LogP contribution >= 0.6 is 0 Å². The molecule has 14 unspecified atom stereocenters. The summed E-state index contributed by atoms with van der Waals surface area (Å²) in [4.78, 5) is 89.5. The fourth-order valence-corrected chi connectivity index (χ4v) is 7.91. The fraction of sp³-hybridized carbons (Fsp3) is 0.558. The largest absolute Gasteiger partial charge is 0.460 e. The molecule has 0 bridgehead atoms. The zero-order valence-electron chi connectivity index (χ0n) is 35.9. The molecule has 2 aromatic rings. The summed E-state index contributed by atoms with van der Waals surface area (Å²) in [6.45, 7) is 8.96. The number of ether oxygens (including phenoxy) is 10. The maximum absolute atomic E-state index is 13.7. The number of carbonyl (C=O) groups is 7. The van der Waals surface area contributed by atoms with Crippen molar-refractivity contribution in [3.05, 3.63) is 71.8 Å². The molecular weight excluding hydrogens is 830 g/mol. The topological polar surface area (TPSA) is 276 Å². The van der Waals surface area contributed by atoms with Gasteiger partial charge in [-0.3, -0.25) is 24.0 Å². The number of rotatable bonds is 15. The second kappa shape index (κ2) is 21.7. The predicted molar refractivity (Wildman–Crippen MR) is 215 cm³/mol. The molecule has 1 amide bonds. The van der Waals surface area contributed by atoms with Crippen LogP contribution < -0.4 is 16.8 Å². The Morgan fingerprint density at radius 3 is 1.63 bits per heavy atom. The standard InChI is InChI=1S/C43H55N3O17/c1-8-30-35(59-40(52)26-15-11-9-12-16-26)39(60-41(53)27-17-13-10-14-18-27)43(58-30)63-38-33(28(44)19-29(46-21(3)47)34(38)55-23(5)49)62-42-31(45)36(56-24(6)50)37(57-25(7)51)32(61-42)20(2)54-22(4)48/h9-18,20,28-39,42-43H,8,19,44-45H2,1-7H3,(H,46,47)/t20-,28?,29?,30?,31?,32?,33?,34?,35?,36?,37?,38?,39?,42?,43?/m1/s1. The molecule has 5 rings (SSSR count). The van der Waals surface area contributed by atoms with Crippen LogP contribution in [0.15, 0.2) is 60.7 Å². The van der Waals surface area contributed by atoms with E-state index in [-0.39, 0.29) is 24.0 Å². The molecule has 15 atom stereocenters. The molecule has 20 heteroatoms. The van der Waals surface area contributed by atoms with Gasteiger partial charge < -0.3 is 64.2 Å². The number of esters is 6. The first-order valence-electron chi connectivity index (χ1n) is 20.5. The molecule has 3 fully saturated rings. The van der Waals surface area contributed by atoms with Crippen molar-refractivity contribution in [2.24, 2.45) is 11.5 Å². The Balaban J connectivity index is 1.58. The lowest BCUT2D eigenvalue weighted by Crippen LogP contribution is -2.70. The number of hydrogen-bond acceptors (Lipinski definition) is 19. The molecular formula is C43H55N3O17. The van der Waals surface area contributed by atoms with Crippen LogP contribution in [0.25, 0.3) is 0 Å². The van der Waals surface area contributed by atoms with E-state index in [1.54, 1.807) is 55.5 Å². The molecule has 2 heterocycles. The summed E-state index contributed by atoms with van der Waals surface area (Å²) in [5.74, 6) is -5.17. The van der Waals surface area contributed by atoms with Crippen LogP contribution in [-0.4, -0.2) is 133 Å². The first kappa shape index (κ1) is 48.5. The van der Waals surface area contributed by atoms with Crippen molar-refractivity contribution in [1.82, 2.24) is 5.32 Å². The Hall–Kier alpha value is -5.51. The van der Waals surface area contributed by atoms with Gasteiger partial charge in [0, 0.05) is 40.7 Å². The SMILES string of the molecule is CCC1OC(OC2C(OC3OC([C@@H](C)OC(C)=O)C(OC(C)=O)C(OC(C)=O)C3N)C(N)CC(NC(C)=O)C2OC(C)=O)C(OC(=O)c2ccccc2)C1OC(=O)c1ccccc1. The third-order valence-electron chi connectivity index (χ3n) is 10.5. The van der Waals surface area contributed by atoms with Crippen LogP contribution in [0, 0.1) is 0 Å². The van der Waals surface area contributed by atoms with E-state index in [2.05, 4.69) is 5.32 Å². The van der Waals surface area contributed by atoms with E-state index in [1.165, 1.54) is 26.0 Å². The molecule has 0 radical (unpaired) electrons. The molecule has 2 saturated heterocycles.